The number of rotatable bonds is 3. The lowest BCUT2D eigenvalue weighted by Gasteiger charge is -2.19. The van der Waals surface area contributed by atoms with Crippen LogP contribution in [-0.2, 0) is 6.54 Å². The average molecular weight is 273 g/mol. The molecule has 0 saturated carbocycles. The molecule has 108 valence electrons. The van der Waals surface area contributed by atoms with Gasteiger partial charge in [0, 0.05) is 30.7 Å². The summed E-state index contributed by atoms with van der Waals surface area (Å²) in [6.45, 7) is 7.69. The van der Waals surface area contributed by atoms with Gasteiger partial charge in [-0.25, -0.2) is 0 Å². The fraction of sp³-hybridized carbons (Fsp3) is 0.500. The molecular formula is C16H23N3O. The number of nitrogens with one attached hydrogen (secondary N) is 2. The molecule has 0 amide bonds. The number of nitrogens with zero attached hydrogens (tertiary/aromatic N) is 1. The van der Waals surface area contributed by atoms with Crippen molar-refractivity contribution in [2.75, 3.05) is 33.3 Å². The molecule has 1 fully saturated rings. The molecule has 2 aromatic rings. The number of aryl methyl sites for hydroxylation is 1. The number of methoxy groups -OCH3 is 1. The second-order valence-corrected chi connectivity index (χ2v) is 5.49. The maximum atomic E-state index is 5.45. The summed E-state index contributed by atoms with van der Waals surface area (Å²) in [4.78, 5) is 6.02. The van der Waals surface area contributed by atoms with Gasteiger partial charge in [0.25, 0.3) is 0 Å². The second kappa shape index (κ2) is 5.85. The minimum atomic E-state index is 0.925. The zero-order valence-corrected chi connectivity index (χ0v) is 12.3. The van der Waals surface area contributed by atoms with E-state index in [0.29, 0.717) is 0 Å². The highest BCUT2D eigenvalue weighted by molar-refractivity contribution is 5.89. The van der Waals surface area contributed by atoms with Crippen molar-refractivity contribution in [1.82, 2.24) is 15.2 Å². The number of para-hydroxylation sites is 1. The number of aromatic nitrogens is 1. The monoisotopic (exact) mass is 273 g/mol. The quantitative estimate of drug-likeness (QED) is 0.901. The number of hydrogen-bond donors (Lipinski definition) is 2. The SMILES string of the molecule is COc1cccc2c(CN3CCCNCC3)c(C)[nH]c12. The summed E-state index contributed by atoms with van der Waals surface area (Å²) in [5.41, 5.74) is 3.78. The van der Waals surface area contributed by atoms with Crippen molar-refractivity contribution in [2.45, 2.75) is 19.9 Å². The second-order valence-electron chi connectivity index (χ2n) is 5.49. The summed E-state index contributed by atoms with van der Waals surface area (Å²) in [5.74, 6) is 0.925. The van der Waals surface area contributed by atoms with E-state index in [0.717, 1.165) is 37.4 Å². The Kier molecular flexibility index (Phi) is 3.94. The van der Waals surface area contributed by atoms with Gasteiger partial charge in [0.1, 0.15) is 5.75 Å². The van der Waals surface area contributed by atoms with Crippen molar-refractivity contribution in [3.05, 3.63) is 29.5 Å². The lowest BCUT2D eigenvalue weighted by atomic mass is 10.1. The minimum Gasteiger partial charge on any atom is -0.495 e. The Labute approximate surface area is 120 Å². The number of ether oxygens (including phenoxy) is 1. The molecule has 0 aliphatic carbocycles. The summed E-state index contributed by atoms with van der Waals surface area (Å²) in [5, 5.41) is 4.75. The summed E-state index contributed by atoms with van der Waals surface area (Å²) >= 11 is 0. The molecule has 1 aromatic heterocycles. The summed E-state index contributed by atoms with van der Waals surface area (Å²) in [7, 11) is 1.73. The van der Waals surface area contributed by atoms with Crippen LogP contribution in [0.1, 0.15) is 17.7 Å². The van der Waals surface area contributed by atoms with E-state index in [1.165, 1.54) is 29.6 Å². The van der Waals surface area contributed by atoms with Crippen LogP contribution in [0.25, 0.3) is 10.9 Å². The van der Waals surface area contributed by atoms with Crippen LogP contribution in [0, 0.1) is 6.92 Å². The maximum Gasteiger partial charge on any atom is 0.142 e. The number of H-pyrrole nitrogens is 1. The standard InChI is InChI=1S/C16H23N3O/c1-12-14(11-19-9-4-7-17-8-10-19)13-5-3-6-15(20-2)16(13)18-12/h3,5-6,17-18H,4,7-11H2,1-2H3. The van der Waals surface area contributed by atoms with Crippen LogP contribution in [0.5, 0.6) is 5.75 Å². The third kappa shape index (κ3) is 2.53. The Balaban J connectivity index is 1.92. The van der Waals surface area contributed by atoms with E-state index in [9.17, 15) is 0 Å². The first-order valence-electron chi connectivity index (χ1n) is 7.37. The van der Waals surface area contributed by atoms with Gasteiger partial charge in [0.05, 0.1) is 12.6 Å². The van der Waals surface area contributed by atoms with Crippen LogP contribution >= 0.6 is 0 Å². The molecule has 4 heteroatoms. The van der Waals surface area contributed by atoms with Crippen molar-refractivity contribution in [2.24, 2.45) is 0 Å². The third-order valence-corrected chi connectivity index (χ3v) is 4.15. The number of fused-ring (bicyclic) bond motifs is 1. The van der Waals surface area contributed by atoms with Gasteiger partial charge in [0.15, 0.2) is 0 Å². The van der Waals surface area contributed by atoms with Gasteiger partial charge >= 0.3 is 0 Å². The molecule has 0 spiro atoms. The molecule has 20 heavy (non-hydrogen) atoms. The number of aromatic amines is 1. The normalized spacial score (nSPS) is 17.3. The molecule has 0 unspecified atom stereocenters. The van der Waals surface area contributed by atoms with E-state index in [2.05, 4.69) is 34.3 Å². The summed E-state index contributed by atoms with van der Waals surface area (Å²) < 4.78 is 5.45. The average Bonchev–Trinajstić information content (AvgIpc) is 2.66. The molecule has 2 N–H and O–H groups in total. The first-order chi connectivity index (χ1) is 9.79. The fourth-order valence-electron chi connectivity index (χ4n) is 3.03. The molecule has 0 radical (unpaired) electrons. The van der Waals surface area contributed by atoms with E-state index in [1.807, 2.05) is 6.07 Å². The third-order valence-electron chi connectivity index (χ3n) is 4.15. The first-order valence-corrected chi connectivity index (χ1v) is 7.37. The fourth-order valence-corrected chi connectivity index (χ4v) is 3.03. The van der Waals surface area contributed by atoms with Crippen LogP contribution in [0.15, 0.2) is 18.2 Å². The predicted molar refractivity (Wildman–Crippen MR) is 82.4 cm³/mol. The number of hydrogen-bond acceptors (Lipinski definition) is 3. The van der Waals surface area contributed by atoms with Crippen LogP contribution < -0.4 is 10.1 Å². The lowest BCUT2D eigenvalue weighted by Crippen LogP contribution is -2.27. The van der Waals surface area contributed by atoms with Crippen molar-refractivity contribution in [3.8, 4) is 5.75 Å². The summed E-state index contributed by atoms with van der Waals surface area (Å²) in [6, 6.07) is 6.27. The zero-order valence-electron chi connectivity index (χ0n) is 12.3. The van der Waals surface area contributed by atoms with Gasteiger partial charge in [0.2, 0.25) is 0 Å². The van der Waals surface area contributed by atoms with Crippen molar-refractivity contribution < 1.29 is 4.74 Å². The van der Waals surface area contributed by atoms with Crippen molar-refractivity contribution >= 4 is 10.9 Å². The molecular weight excluding hydrogens is 250 g/mol. The van der Waals surface area contributed by atoms with Gasteiger partial charge in [-0.3, -0.25) is 4.90 Å². The van der Waals surface area contributed by atoms with Crippen molar-refractivity contribution in [1.29, 1.82) is 0 Å². The molecule has 1 aliphatic heterocycles. The molecule has 0 bridgehead atoms. The Morgan fingerprint density at radius 1 is 1.25 bits per heavy atom. The minimum absolute atomic E-state index is 0.925. The molecule has 2 heterocycles. The van der Waals surface area contributed by atoms with Gasteiger partial charge in [-0.15, -0.1) is 0 Å². The van der Waals surface area contributed by atoms with Crippen LogP contribution in [0.3, 0.4) is 0 Å². The topological polar surface area (TPSA) is 40.3 Å². The van der Waals surface area contributed by atoms with Crippen molar-refractivity contribution in [3.63, 3.8) is 0 Å². The van der Waals surface area contributed by atoms with Gasteiger partial charge in [-0.2, -0.15) is 0 Å². The van der Waals surface area contributed by atoms with Crippen LogP contribution in [-0.4, -0.2) is 43.2 Å². The van der Waals surface area contributed by atoms with E-state index in [4.69, 9.17) is 4.74 Å². The van der Waals surface area contributed by atoms with Gasteiger partial charge < -0.3 is 15.0 Å². The molecule has 4 nitrogen and oxygen atoms in total. The largest absolute Gasteiger partial charge is 0.495 e. The maximum absolute atomic E-state index is 5.45. The molecule has 3 rings (SSSR count). The van der Waals surface area contributed by atoms with E-state index in [-0.39, 0.29) is 0 Å². The van der Waals surface area contributed by atoms with E-state index >= 15 is 0 Å². The van der Waals surface area contributed by atoms with Gasteiger partial charge in [-0.1, -0.05) is 12.1 Å². The highest BCUT2D eigenvalue weighted by Crippen LogP contribution is 2.30. The zero-order chi connectivity index (χ0) is 13.9. The Morgan fingerprint density at radius 2 is 2.15 bits per heavy atom. The summed E-state index contributed by atoms with van der Waals surface area (Å²) in [6.07, 6.45) is 1.23. The smallest absolute Gasteiger partial charge is 0.142 e. The first kappa shape index (κ1) is 13.5. The number of benzene rings is 1. The Bertz CT molecular complexity index is 583. The van der Waals surface area contributed by atoms with Crippen LogP contribution in [0.4, 0.5) is 0 Å². The highest BCUT2D eigenvalue weighted by atomic mass is 16.5. The predicted octanol–water partition coefficient (Wildman–Crippen LogP) is 2.28. The molecule has 1 saturated heterocycles. The van der Waals surface area contributed by atoms with E-state index in [1.54, 1.807) is 7.11 Å². The molecule has 0 atom stereocenters. The highest BCUT2D eigenvalue weighted by Gasteiger charge is 2.15. The van der Waals surface area contributed by atoms with E-state index < -0.39 is 0 Å². The lowest BCUT2D eigenvalue weighted by molar-refractivity contribution is 0.285. The molecule has 1 aliphatic rings. The van der Waals surface area contributed by atoms with Crippen LogP contribution in [0.2, 0.25) is 0 Å². The van der Waals surface area contributed by atoms with Gasteiger partial charge in [-0.05, 0) is 38.1 Å². The Morgan fingerprint density at radius 3 is 3.00 bits per heavy atom. The Hall–Kier alpha value is -1.52. The molecule has 1 aromatic carbocycles.